The SMILES string of the molecule is O=C(c1cn[nH]n1)N1CCC2(CCc3ccccc32)CC1. The van der Waals surface area contributed by atoms with Gasteiger partial charge in [-0.1, -0.05) is 24.3 Å². The molecule has 1 spiro atoms. The van der Waals surface area contributed by atoms with Crippen LogP contribution in [0.4, 0.5) is 0 Å². The maximum absolute atomic E-state index is 12.3. The largest absolute Gasteiger partial charge is 0.337 e. The molecule has 0 saturated carbocycles. The minimum absolute atomic E-state index is 0.00937. The highest BCUT2D eigenvalue weighted by Crippen LogP contribution is 2.46. The van der Waals surface area contributed by atoms with Crippen molar-refractivity contribution >= 4 is 5.91 Å². The first-order valence-electron chi connectivity index (χ1n) is 7.52. The Morgan fingerprint density at radius 2 is 2.00 bits per heavy atom. The summed E-state index contributed by atoms with van der Waals surface area (Å²) in [6.45, 7) is 1.61. The zero-order valence-corrected chi connectivity index (χ0v) is 11.9. The molecule has 108 valence electrons. The number of likely N-dealkylation sites (tertiary alicyclic amines) is 1. The quantitative estimate of drug-likeness (QED) is 0.869. The number of fused-ring (bicyclic) bond motifs is 2. The number of aryl methyl sites for hydroxylation is 1. The molecule has 2 aromatic rings. The highest BCUT2D eigenvalue weighted by Gasteiger charge is 2.41. The smallest absolute Gasteiger partial charge is 0.276 e. The highest BCUT2D eigenvalue weighted by molar-refractivity contribution is 5.91. The van der Waals surface area contributed by atoms with Crippen LogP contribution in [0.5, 0.6) is 0 Å². The van der Waals surface area contributed by atoms with Crippen LogP contribution in [-0.4, -0.2) is 39.3 Å². The molecule has 0 atom stereocenters. The van der Waals surface area contributed by atoms with E-state index >= 15 is 0 Å². The van der Waals surface area contributed by atoms with Crippen molar-refractivity contribution in [3.63, 3.8) is 0 Å². The van der Waals surface area contributed by atoms with E-state index in [1.807, 2.05) is 4.90 Å². The zero-order chi connectivity index (χ0) is 14.3. The summed E-state index contributed by atoms with van der Waals surface area (Å²) < 4.78 is 0. The molecule has 0 unspecified atom stereocenters. The van der Waals surface area contributed by atoms with Crippen LogP contribution < -0.4 is 0 Å². The minimum Gasteiger partial charge on any atom is -0.337 e. The molecule has 1 amide bonds. The first-order valence-corrected chi connectivity index (χ1v) is 7.52. The van der Waals surface area contributed by atoms with Gasteiger partial charge in [-0.3, -0.25) is 4.79 Å². The Morgan fingerprint density at radius 1 is 1.19 bits per heavy atom. The van der Waals surface area contributed by atoms with E-state index in [4.69, 9.17) is 0 Å². The lowest BCUT2D eigenvalue weighted by Gasteiger charge is -2.40. The van der Waals surface area contributed by atoms with E-state index in [-0.39, 0.29) is 11.3 Å². The van der Waals surface area contributed by atoms with Crippen LogP contribution in [0.2, 0.25) is 0 Å². The fourth-order valence-corrected chi connectivity index (χ4v) is 3.89. The lowest BCUT2D eigenvalue weighted by molar-refractivity contribution is 0.0660. The summed E-state index contributed by atoms with van der Waals surface area (Å²) in [6, 6.07) is 8.79. The number of hydrogen-bond donors (Lipinski definition) is 1. The molecule has 21 heavy (non-hydrogen) atoms. The van der Waals surface area contributed by atoms with Crippen molar-refractivity contribution in [1.29, 1.82) is 0 Å². The van der Waals surface area contributed by atoms with Crippen molar-refractivity contribution in [1.82, 2.24) is 20.3 Å². The summed E-state index contributed by atoms with van der Waals surface area (Å²) in [5.41, 5.74) is 3.71. The highest BCUT2D eigenvalue weighted by atomic mass is 16.2. The van der Waals surface area contributed by atoms with Gasteiger partial charge in [-0.05, 0) is 42.2 Å². The number of nitrogens with zero attached hydrogens (tertiary/aromatic N) is 3. The number of amides is 1. The molecule has 4 rings (SSSR count). The van der Waals surface area contributed by atoms with Crippen LogP contribution in [0.3, 0.4) is 0 Å². The molecule has 1 fully saturated rings. The predicted octanol–water partition coefficient (Wildman–Crippen LogP) is 1.92. The predicted molar refractivity (Wildman–Crippen MR) is 78.0 cm³/mol. The van der Waals surface area contributed by atoms with Gasteiger partial charge in [0.1, 0.15) is 0 Å². The molecular weight excluding hydrogens is 264 g/mol. The van der Waals surface area contributed by atoms with Crippen molar-refractivity contribution in [2.75, 3.05) is 13.1 Å². The third-order valence-corrected chi connectivity index (χ3v) is 5.10. The Hall–Kier alpha value is -2.17. The number of aromatic nitrogens is 3. The Labute approximate surface area is 123 Å². The second kappa shape index (κ2) is 4.69. The van der Waals surface area contributed by atoms with Crippen molar-refractivity contribution < 1.29 is 4.79 Å². The van der Waals surface area contributed by atoms with E-state index in [2.05, 4.69) is 39.7 Å². The van der Waals surface area contributed by atoms with Crippen LogP contribution in [0, 0.1) is 0 Å². The van der Waals surface area contributed by atoms with Crippen molar-refractivity contribution in [3.8, 4) is 0 Å². The Morgan fingerprint density at radius 3 is 2.76 bits per heavy atom. The maximum Gasteiger partial charge on any atom is 0.276 e. The molecule has 1 N–H and O–H groups in total. The number of hydrogen-bond acceptors (Lipinski definition) is 3. The van der Waals surface area contributed by atoms with Gasteiger partial charge in [0, 0.05) is 13.1 Å². The van der Waals surface area contributed by atoms with Crippen LogP contribution >= 0.6 is 0 Å². The monoisotopic (exact) mass is 282 g/mol. The second-order valence-electron chi connectivity index (χ2n) is 6.08. The number of carbonyl (C=O) groups excluding carboxylic acids is 1. The average Bonchev–Trinajstić information content (AvgIpc) is 3.17. The Bertz CT molecular complexity index is 657. The number of nitrogens with one attached hydrogen (secondary N) is 1. The summed E-state index contributed by atoms with van der Waals surface area (Å²) in [7, 11) is 0. The fourth-order valence-electron chi connectivity index (χ4n) is 3.89. The van der Waals surface area contributed by atoms with Gasteiger partial charge >= 0.3 is 0 Å². The third-order valence-electron chi connectivity index (χ3n) is 5.10. The Kier molecular flexibility index (Phi) is 2.80. The van der Waals surface area contributed by atoms with Crippen molar-refractivity contribution in [2.24, 2.45) is 0 Å². The summed E-state index contributed by atoms with van der Waals surface area (Å²) >= 11 is 0. The van der Waals surface area contributed by atoms with Crippen molar-refractivity contribution in [3.05, 3.63) is 47.3 Å². The summed E-state index contributed by atoms with van der Waals surface area (Å²) in [5, 5.41) is 10.1. The normalized spacial score (nSPS) is 19.7. The molecule has 0 bridgehead atoms. The molecule has 1 saturated heterocycles. The van der Waals surface area contributed by atoms with E-state index < -0.39 is 0 Å². The number of piperidine rings is 1. The minimum atomic E-state index is -0.00937. The molecule has 0 radical (unpaired) electrons. The number of aromatic amines is 1. The van der Waals surface area contributed by atoms with E-state index in [9.17, 15) is 4.79 Å². The molecule has 1 aromatic heterocycles. The van der Waals surface area contributed by atoms with Gasteiger partial charge in [0.2, 0.25) is 0 Å². The molecular formula is C16H18N4O. The lowest BCUT2D eigenvalue weighted by atomic mass is 9.74. The maximum atomic E-state index is 12.3. The molecule has 5 heteroatoms. The number of carbonyl (C=O) groups is 1. The van der Waals surface area contributed by atoms with Gasteiger partial charge < -0.3 is 4.90 Å². The molecule has 1 aliphatic carbocycles. The number of rotatable bonds is 1. The third kappa shape index (κ3) is 1.95. The summed E-state index contributed by atoms with van der Waals surface area (Å²) in [5.74, 6) is -0.00937. The van der Waals surface area contributed by atoms with Crippen LogP contribution in [0.25, 0.3) is 0 Å². The molecule has 5 nitrogen and oxygen atoms in total. The number of H-pyrrole nitrogens is 1. The first kappa shape index (κ1) is 12.6. The van der Waals surface area contributed by atoms with Gasteiger partial charge in [0.25, 0.3) is 5.91 Å². The van der Waals surface area contributed by atoms with Gasteiger partial charge in [-0.25, -0.2) is 0 Å². The fraction of sp³-hybridized carbons (Fsp3) is 0.438. The second-order valence-corrected chi connectivity index (χ2v) is 6.08. The molecule has 2 heterocycles. The number of benzene rings is 1. The standard InChI is InChI=1S/C16H18N4O/c21-15(14-11-17-19-18-14)20-9-7-16(8-10-20)6-5-12-3-1-2-4-13(12)16/h1-4,11H,5-10H2,(H,17,18,19). The molecule has 1 aromatic carbocycles. The van der Waals surface area contributed by atoms with Crippen molar-refractivity contribution in [2.45, 2.75) is 31.1 Å². The van der Waals surface area contributed by atoms with Gasteiger partial charge in [-0.2, -0.15) is 15.4 Å². The van der Waals surface area contributed by atoms with E-state index in [1.54, 1.807) is 0 Å². The van der Waals surface area contributed by atoms with E-state index in [0.717, 1.165) is 25.9 Å². The Balaban J connectivity index is 1.52. The van der Waals surface area contributed by atoms with E-state index in [1.165, 1.54) is 30.2 Å². The molecule has 2 aliphatic rings. The van der Waals surface area contributed by atoms with Crippen LogP contribution in [-0.2, 0) is 11.8 Å². The summed E-state index contributed by atoms with van der Waals surface area (Å²) in [4.78, 5) is 14.2. The summed E-state index contributed by atoms with van der Waals surface area (Å²) in [6.07, 6.45) is 5.99. The molecule has 1 aliphatic heterocycles. The first-order chi connectivity index (χ1) is 10.3. The van der Waals surface area contributed by atoms with Gasteiger partial charge in [-0.15, -0.1) is 0 Å². The average molecular weight is 282 g/mol. The van der Waals surface area contributed by atoms with Gasteiger partial charge in [0.15, 0.2) is 5.69 Å². The van der Waals surface area contributed by atoms with E-state index in [0.29, 0.717) is 5.69 Å². The van der Waals surface area contributed by atoms with Crippen LogP contribution in [0.1, 0.15) is 40.9 Å². The van der Waals surface area contributed by atoms with Gasteiger partial charge in [0.05, 0.1) is 6.20 Å². The topological polar surface area (TPSA) is 61.9 Å². The lowest BCUT2D eigenvalue weighted by Crippen LogP contribution is -2.44. The van der Waals surface area contributed by atoms with Crippen LogP contribution in [0.15, 0.2) is 30.5 Å². The zero-order valence-electron chi connectivity index (χ0n) is 11.9.